The number of nitrogens with zero attached hydrogens (tertiary/aromatic N) is 2. The first-order valence-corrected chi connectivity index (χ1v) is 7.23. The summed E-state index contributed by atoms with van der Waals surface area (Å²) in [6, 6.07) is 7.25. The monoisotopic (exact) mass is 274 g/mol. The Morgan fingerprint density at radius 2 is 2.21 bits per heavy atom. The van der Waals surface area contributed by atoms with Crippen molar-refractivity contribution in [3.05, 3.63) is 36.7 Å². The number of hydrogen-bond donors (Lipinski definition) is 1. The molecule has 0 radical (unpaired) electrons. The molecule has 0 spiro atoms. The first-order chi connectivity index (χ1) is 9.28. The summed E-state index contributed by atoms with van der Waals surface area (Å²) in [5.41, 5.74) is 1.90. The molecular formula is C14H14N2O2S. The summed E-state index contributed by atoms with van der Waals surface area (Å²) in [6.45, 7) is 1.37. The highest BCUT2D eigenvalue weighted by Gasteiger charge is 2.20. The van der Waals surface area contributed by atoms with Crippen molar-refractivity contribution in [2.45, 2.75) is 4.90 Å². The van der Waals surface area contributed by atoms with Crippen molar-refractivity contribution in [3.63, 3.8) is 0 Å². The van der Waals surface area contributed by atoms with Gasteiger partial charge in [0.1, 0.15) is 18.1 Å². The van der Waals surface area contributed by atoms with E-state index >= 15 is 0 Å². The second kappa shape index (κ2) is 5.01. The van der Waals surface area contributed by atoms with Crippen LogP contribution < -0.4 is 9.64 Å². The zero-order valence-corrected chi connectivity index (χ0v) is 11.4. The van der Waals surface area contributed by atoms with Gasteiger partial charge in [0, 0.05) is 17.2 Å². The zero-order valence-electron chi connectivity index (χ0n) is 10.5. The van der Waals surface area contributed by atoms with Crippen LogP contribution in [0.3, 0.4) is 0 Å². The lowest BCUT2D eigenvalue weighted by Gasteiger charge is -2.31. The second-order valence-corrected chi connectivity index (χ2v) is 5.11. The van der Waals surface area contributed by atoms with E-state index in [1.54, 1.807) is 30.0 Å². The van der Waals surface area contributed by atoms with E-state index in [-0.39, 0.29) is 5.75 Å². The summed E-state index contributed by atoms with van der Waals surface area (Å²) in [4.78, 5) is 7.49. The standard InChI is InChI=1S/C14H14N2O2S/c1-19-12-6-10(8-15-9-12)16-4-5-18-14-3-2-11(17)7-13(14)16/h2-3,6-9,17H,4-5H2,1H3. The van der Waals surface area contributed by atoms with Crippen LogP contribution in [0.2, 0.25) is 0 Å². The van der Waals surface area contributed by atoms with Gasteiger partial charge in [0.2, 0.25) is 0 Å². The fraction of sp³-hybridized carbons (Fsp3) is 0.214. The van der Waals surface area contributed by atoms with Crippen molar-refractivity contribution in [1.29, 1.82) is 0 Å². The number of rotatable bonds is 2. The van der Waals surface area contributed by atoms with E-state index in [2.05, 4.69) is 16.0 Å². The second-order valence-electron chi connectivity index (χ2n) is 4.24. The van der Waals surface area contributed by atoms with Crippen LogP contribution >= 0.6 is 11.8 Å². The number of aromatic hydroxyl groups is 1. The van der Waals surface area contributed by atoms with E-state index in [0.717, 1.165) is 28.6 Å². The Bertz CT molecular complexity index is 604. The molecule has 19 heavy (non-hydrogen) atoms. The predicted molar refractivity (Wildman–Crippen MR) is 76.6 cm³/mol. The van der Waals surface area contributed by atoms with Crippen LogP contribution in [0.5, 0.6) is 11.5 Å². The molecule has 1 N–H and O–H groups in total. The highest BCUT2D eigenvalue weighted by atomic mass is 32.2. The molecule has 3 rings (SSSR count). The third kappa shape index (κ3) is 2.33. The summed E-state index contributed by atoms with van der Waals surface area (Å²) in [6.07, 6.45) is 5.71. The topological polar surface area (TPSA) is 45.6 Å². The maximum Gasteiger partial charge on any atom is 0.143 e. The molecule has 0 bridgehead atoms. The average Bonchev–Trinajstić information content (AvgIpc) is 2.46. The van der Waals surface area contributed by atoms with Gasteiger partial charge in [0.05, 0.1) is 24.1 Å². The van der Waals surface area contributed by atoms with Crippen LogP contribution in [0.4, 0.5) is 11.4 Å². The molecule has 0 aliphatic carbocycles. The minimum Gasteiger partial charge on any atom is -0.508 e. The summed E-state index contributed by atoms with van der Waals surface area (Å²) in [5.74, 6) is 1.03. The fourth-order valence-electron chi connectivity index (χ4n) is 2.14. The van der Waals surface area contributed by atoms with Crippen LogP contribution in [-0.2, 0) is 0 Å². The van der Waals surface area contributed by atoms with Crippen molar-refractivity contribution >= 4 is 23.1 Å². The highest BCUT2D eigenvalue weighted by Crippen LogP contribution is 2.39. The number of anilines is 2. The fourth-order valence-corrected chi connectivity index (χ4v) is 2.55. The minimum atomic E-state index is 0.239. The van der Waals surface area contributed by atoms with Crippen molar-refractivity contribution < 1.29 is 9.84 Å². The Kier molecular flexibility index (Phi) is 3.21. The molecular weight excluding hydrogens is 260 g/mol. The Labute approximate surface area is 116 Å². The van der Waals surface area contributed by atoms with Gasteiger partial charge >= 0.3 is 0 Å². The number of hydrogen-bond acceptors (Lipinski definition) is 5. The van der Waals surface area contributed by atoms with Crippen LogP contribution in [-0.4, -0.2) is 29.5 Å². The Hall–Kier alpha value is -1.88. The summed E-state index contributed by atoms with van der Waals surface area (Å²) in [5, 5.41) is 9.65. The number of aromatic nitrogens is 1. The number of benzene rings is 1. The first-order valence-electron chi connectivity index (χ1n) is 6.00. The minimum absolute atomic E-state index is 0.239. The van der Waals surface area contributed by atoms with Gasteiger partial charge in [0.25, 0.3) is 0 Å². The van der Waals surface area contributed by atoms with Gasteiger partial charge in [-0.3, -0.25) is 4.98 Å². The third-order valence-electron chi connectivity index (χ3n) is 3.05. The number of pyridine rings is 1. The van der Waals surface area contributed by atoms with Crippen molar-refractivity contribution in [3.8, 4) is 11.5 Å². The molecule has 98 valence electrons. The van der Waals surface area contributed by atoms with Crippen LogP contribution in [0.25, 0.3) is 0 Å². The number of thioether (sulfide) groups is 1. The summed E-state index contributed by atoms with van der Waals surface area (Å²) >= 11 is 1.66. The molecule has 1 aromatic carbocycles. The molecule has 0 unspecified atom stereocenters. The van der Waals surface area contributed by atoms with Gasteiger partial charge in [-0.05, 0) is 24.5 Å². The molecule has 4 nitrogen and oxygen atoms in total. The van der Waals surface area contributed by atoms with Gasteiger partial charge in [-0.25, -0.2) is 0 Å². The van der Waals surface area contributed by atoms with Crippen molar-refractivity contribution in [1.82, 2.24) is 4.98 Å². The van der Waals surface area contributed by atoms with Crippen LogP contribution in [0.15, 0.2) is 41.6 Å². The van der Waals surface area contributed by atoms with E-state index in [1.165, 1.54) is 0 Å². The van der Waals surface area contributed by atoms with E-state index in [9.17, 15) is 5.11 Å². The van der Waals surface area contributed by atoms with Gasteiger partial charge < -0.3 is 14.7 Å². The van der Waals surface area contributed by atoms with Gasteiger partial charge in [-0.15, -0.1) is 11.8 Å². The Balaban J connectivity index is 2.05. The van der Waals surface area contributed by atoms with Crippen molar-refractivity contribution in [2.75, 3.05) is 24.3 Å². The van der Waals surface area contributed by atoms with E-state index in [0.29, 0.717) is 6.61 Å². The van der Waals surface area contributed by atoms with Crippen LogP contribution in [0, 0.1) is 0 Å². The molecule has 1 aliphatic heterocycles. The Morgan fingerprint density at radius 3 is 3.05 bits per heavy atom. The maximum absolute atomic E-state index is 9.65. The molecule has 2 aromatic rings. The largest absolute Gasteiger partial charge is 0.508 e. The maximum atomic E-state index is 9.65. The molecule has 0 saturated carbocycles. The predicted octanol–water partition coefficient (Wildman–Crippen LogP) is 3.04. The third-order valence-corrected chi connectivity index (χ3v) is 3.75. The van der Waals surface area contributed by atoms with E-state index < -0.39 is 0 Å². The zero-order chi connectivity index (χ0) is 13.2. The molecule has 1 aromatic heterocycles. The normalized spacial score (nSPS) is 13.8. The van der Waals surface area contributed by atoms with Gasteiger partial charge in [-0.1, -0.05) is 0 Å². The first kappa shape index (κ1) is 12.2. The molecule has 0 amide bonds. The smallest absolute Gasteiger partial charge is 0.143 e. The molecule has 5 heteroatoms. The lowest BCUT2D eigenvalue weighted by molar-refractivity contribution is 0.313. The lowest BCUT2D eigenvalue weighted by Crippen LogP contribution is -2.28. The summed E-state index contributed by atoms with van der Waals surface area (Å²) in [7, 11) is 0. The van der Waals surface area contributed by atoms with Crippen molar-refractivity contribution in [2.24, 2.45) is 0 Å². The molecule has 2 heterocycles. The molecule has 0 fully saturated rings. The van der Waals surface area contributed by atoms with E-state index in [1.807, 2.05) is 18.6 Å². The number of ether oxygens (including phenoxy) is 1. The van der Waals surface area contributed by atoms with Gasteiger partial charge in [0.15, 0.2) is 0 Å². The number of fused-ring (bicyclic) bond motifs is 1. The number of phenolic OH excluding ortho intramolecular Hbond substituents is 1. The van der Waals surface area contributed by atoms with Gasteiger partial charge in [-0.2, -0.15) is 0 Å². The molecule has 1 aliphatic rings. The quantitative estimate of drug-likeness (QED) is 0.853. The SMILES string of the molecule is CSc1cncc(N2CCOc3ccc(O)cc32)c1. The highest BCUT2D eigenvalue weighted by molar-refractivity contribution is 7.98. The van der Waals surface area contributed by atoms with E-state index in [4.69, 9.17) is 4.74 Å². The summed E-state index contributed by atoms with van der Waals surface area (Å²) < 4.78 is 5.61. The lowest BCUT2D eigenvalue weighted by atomic mass is 10.2. The number of phenols is 1. The average molecular weight is 274 g/mol. The molecule has 0 saturated heterocycles. The van der Waals surface area contributed by atoms with Crippen LogP contribution in [0.1, 0.15) is 0 Å². The molecule has 0 atom stereocenters. The Morgan fingerprint density at radius 1 is 1.32 bits per heavy atom.